The molecule has 1 aromatic rings. The lowest BCUT2D eigenvalue weighted by Crippen LogP contribution is -2.29. The number of carbonyl (C=O) groups excluding carboxylic acids is 1. The Kier molecular flexibility index (Phi) is 3.29. The maximum atomic E-state index is 11.8. The van der Waals surface area contributed by atoms with Crippen molar-refractivity contribution in [2.24, 2.45) is 13.0 Å². The second-order valence-corrected chi connectivity index (χ2v) is 4.55. The van der Waals surface area contributed by atoms with Gasteiger partial charge in [0.25, 0.3) is 5.91 Å². The highest BCUT2D eigenvalue weighted by atomic mass is 16.3. The van der Waals surface area contributed by atoms with Crippen molar-refractivity contribution in [1.82, 2.24) is 9.88 Å². The van der Waals surface area contributed by atoms with Crippen molar-refractivity contribution >= 4 is 5.91 Å². The minimum absolute atomic E-state index is 0.0334. The van der Waals surface area contributed by atoms with Gasteiger partial charge in [-0.05, 0) is 37.3 Å². The SMILES string of the molecule is Cn1cccc1C(=O)NCC1CCC(O)C1. The van der Waals surface area contributed by atoms with Gasteiger partial charge in [0.05, 0.1) is 6.10 Å². The van der Waals surface area contributed by atoms with Crippen LogP contribution in [0.2, 0.25) is 0 Å². The van der Waals surface area contributed by atoms with Crippen molar-refractivity contribution in [1.29, 1.82) is 0 Å². The predicted molar refractivity (Wildman–Crippen MR) is 61.1 cm³/mol. The summed E-state index contributed by atoms with van der Waals surface area (Å²) in [6.07, 6.45) is 4.37. The number of aliphatic hydroxyl groups is 1. The van der Waals surface area contributed by atoms with Crippen LogP contribution in [0.25, 0.3) is 0 Å². The Morgan fingerprint density at radius 2 is 2.44 bits per heavy atom. The first-order valence-electron chi connectivity index (χ1n) is 5.74. The summed E-state index contributed by atoms with van der Waals surface area (Å²) in [6.45, 7) is 0.668. The van der Waals surface area contributed by atoms with E-state index in [1.807, 2.05) is 19.3 Å². The average Bonchev–Trinajstić information content (AvgIpc) is 2.84. The van der Waals surface area contributed by atoms with Gasteiger partial charge in [-0.15, -0.1) is 0 Å². The van der Waals surface area contributed by atoms with E-state index in [9.17, 15) is 9.90 Å². The van der Waals surface area contributed by atoms with Crippen LogP contribution in [0.1, 0.15) is 29.8 Å². The number of nitrogens with zero attached hydrogens (tertiary/aromatic N) is 1. The summed E-state index contributed by atoms with van der Waals surface area (Å²) in [5.74, 6) is 0.396. The molecule has 0 spiro atoms. The van der Waals surface area contributed by atoms with Gasteiger partial charge in [-0.2, -0.15) is 0 Å². The fourth-order valence-electron chi connectivity index (χ4n) is 2.26. The quantitative estimate of drug-likeness (QED) is 0.799. The molecule has 1 amide bonds. The Labute approximate surface area is 95.3 Å². The molecule has 0 aromatic carbocycles. The van der Waals surface area contributed by atoms with E-state index in [0.717, 1.165) is 19.3 Å². The lowest BCUT2D eigenvalue weighted by atomic mass is 10.1. The van der Waals surface area contributed by atoms with Crippen molar-refractivity contribution < 1.29 is 9.90 Å². The molecule has 4 nitrogen and oxygen atoms in total. The number of aliphatic hydroxyl groups excluding tert-OH is 1. The number of hydrogen-bond donors (Lipinski definition) is 2. The average molecular weight is 222 g/mol. The minimum atomic E-state index is -0.170. The maximum absolute atomic E-state index is 11.8. The first-order valence-corrected chi connectivity index (χ1v) is 5.74. The van der Waals surface area contributed by atoms with Crippen molar-refractivity contribution in [3.8, 4) is 0 Å². The first-order chi connectivity index (χ1) is 7.66. The molecule has 16 heavy (non-hydrogen) atoms. The van der Waals surface area contributed by atoms with Gasteiger partial charge in [-0.3, -0.25) is 4.79 Å². The molecule has 2 atom stereocenters. The van der Waals surface area contributed by atoms with Crippen LogP contribution in [0.3, 0.4) is 0 Å². The van der Waals surface area contributed by atoms with Crippen molar-refractivity contribution in [3.63, 3.8) is 0 Å². The number of aromatic nitrogens is 1. The fourth-order valence-corrected chi connectivity index (χ4v) is 2.26. The molecule has 1 saturated carbocycles. The van der Waals surface area contributed by atoms with Crippen LogP contribution in [0.4, 0.5) is 0 Å². The number of rotatable bonds is 3. The molecule has 1 aliphatic rings. The van der Waals surface area contributed by atoms with Gasteiger partial charge >= 0.3 is 0 Å². The molecular weight excluding hydrogens is 204 g/mol. The Bertz CT molecular complexity index is 373. The van der Waals surface area contributed by atoms with E-state index in [2.05, 4.69) is 5.32 Å². The molecule has 0 radical (unpaired) electrons. The molecule has 1 aromatic heterocycles. The lowest BCUT2D eigenvalue weighted by Gasteiger charge is -2.11. The van der Waals surface area contributed by atoms with Crippen LogP contribution in [0.5, 0.6) is 0 Å². The normalized spacial score (nSPS) is 24.6. The third-order valence-electron chi connectivity index (χ3n) is 3.24. The first kappa shape index (κ1) is 11.2. The molecule has 2 N–H and O–H groups in total. The summed E-state index contributed by atoms with van der Waals surface area (Å²) < 4.78 is 1.80. The van der Waals surface area contributed by atoms with Gasteiger partial charge < -0.3 is 15.0 Å². The lowest BCUT2D eigenvalue weighted by molar-refractivity contribution is 0.0937. The third kappa shape index (κ3) is 2.44. The Balaban J connectivity index is 1.82. The number of amides is 1. The summed E-state index contributed by atoms with van der Waals surface area (Å²) in [5, 5.41) is 12.3. The second-order valence-electron chi connectivity index (χ2n) is 4.55. The van der Waals surface area contributed by atoms with Gasteiger partial charge in [0.15, 0.2) is 0 Å². The molecule has 0 bridgehead atoms. The smallest absolute Gasteiger partial charge is 0.267 e. The molecule has 1 fully saturated rings. The van der Waals surface area contributed by atoms with Crippen LogP contribution >= 0.6 is 0 Å². The van der Waals surface area contributed by atoms with Crippen molar-refractivity contribution in [2.45, 2.75) is 25.4 Å². The molecular formula is C12H18N2O2. The molecule has 2 unspecified atom stereocenters. The third-order valence-corrected chi connectivity index (χ3v) is 3.24. The molecule has 2 rings (SSSR count). The summed E-state index contributed by atoms with van der Waals surface area (Å²) >= 11 is 0. The predicted octanol–water partition coefficient (Wildman–Crippen LogP) is 0.916. The van der Waals surface area contributed by atoms with Crippen LogP contribution in [0, 0.1) is 5.92 Å². The topological polar surface area (TPSA) is 54.3 Å². The molecule has 0 aliphatic heterocycles. The Hall–Kier alpha value is -1.29. The van der Waals surface area contributed by atoms with E-state index in [4.69, 9.17) is 0 Å². The minimum Gasteiger partial charge on any atom is -0.393 e. The second kappa shape index (κ2) is 4.70. The Morgan fingerprint density at radius 3 is 3.00 bits per heavy atom. The van der Waals surface area contributed by atoms with E-state index in [1.54, 1.807) is 10.6 Å². The van der Waals surface area contributed by atoms with Crippen LogP contribution in [-0.4, -0.2) is 28.2 Å². The van der Waals surface area contributed by atoms with Crippen molar-refractivity contribution in [3.05, 3.63) is 24.0 Å². The van der Waals surface area contributed by atoms with Crippen molar-refractivity contribution in [2.75, 3.05) is 6.54 Å². The summed E-state index contributed by atoms with van der Waals surface area (Å²) in [7, 11) is 1.86. The highest BCUT2D eigenvalue weighted by Gasteiger charge is 2.23. The monoisotopic (exact) mass is 222 g/mol. The molecule has 0 saturated heterocycles. The number of carbonyl (C=O) groups is 1. The van der Waals surface area contributed by atoms with Gasteiger partial charge in [0.2, 0.25) is 0 Å². The highest BCUT2D eigenvalue weighted by molar-refractivity contribution is 5.92. The van der Waals surface area contributed by atoms with Gasteiger partial charge in [0.1, 0.15) is 5.69 Å². The van der Waals surface area contributed by atoms with Gasteiger partial charge in [-0.1, -0.05) is 0 Å². The zero-order valence-corrected chi connectivity index (χ0v) is 9.52. The molecule has 88 valence electrons. The van der Waals surface area contributed by atoms with E-state index in [0.29, 0.717) is 18.2 Å². The molecule has 1 heterocycles. The molecule has 4 heteroatoms. The molecule has 1 aliphatic carbocycles. The maximum Gasteiger partial charge on any atom is 0.267 e. The standard InChI is InChI=1S/C12H18N2O2/c1-14-6-2-3-11(14)12(16)13-8-9-4-5-10(15)7-9/h2-3,6,9-10,15H,4-5,7-8H2,1H3,(H,13,16). The summed E-state index contributed by atoms with van der Waals surface area (Å²) in [6, 6.07) is 3.66. The van der Waals surface area contributed by atoms with E-state index in [1.165, 1.54) is 0 Å². The number of hydrogen-bond acceptors (Lipinski definition) is 2. The summed E-state index contributed by atoms with van der Waals surface area (Å²) in [5.41, 5.74) is 0.679. The largest absolute Gasteiger partial charge is 0.393 e. The Morgan fingerprint density at radius 1 is 1.62 bits per heavy atom. The number of nitrogens with one attached hydrogen (secondary N) is 1. The van der Waals surface area contributed by atoms with E-state index < -0.39 is 0 Å². The highest BCUT2D eigenvalue weighted by Crippen LogP contribution is 2.24. The summed E-state index contributed by atoms with van der Waals surface area (Å²) in [4.78, 5) is 11.8. The van der Waals surface area contributed by atoms with Gasteiger partial charge in [0, 0.05) is 19.8 Å². The number of aryl methyl sites for hydroxylation is 1. The van der Waals surface area contributed by atoms with Crippen LogP contribution < -0.4 is 5.32 Å². The fraction of sp³-hybridized carbons (Fsp3) is 0.583. The van der Waals surface area contributed by atoms with Crippen LogP contribution in [-0.2, 0) is 7.05 Å². The zero-order chi connectivity index (χ0) is 11.5. The zero-order valence-electron chi connectivity index (χ0n) is 9.52. The van der Waals surface area contributed by atoms with Crippen LogP contribution in [0.15, 0.2) is 18.3 Å². The van der Waals surface area contributed by atoms with E-state index >= 15 is 0 Å². The van der Waals surface area contributed by atoms with E-state index in [-0.39, 0.29) is 12.0 Å². The van der Waals surface area contributed by atoms with Gasteiger partial charge in [-0.25, -0.2) is 0 Å².